The maximum absolute atomic E-state index is 12.8. The number of carbonyl (C=O) groups is 2. The summed E-state index contributed by atoms with van der Waals surface area (Å²) in [5, 5.41) is 2.99. The zero-order valence-electron chi connectivity index (χ0n) is 16.6. The van der Waals surface area contributed by atoms with E-state index in [2.05, 4.69) is 5.32 Å². The largest absolute Gasteiger partial charge is 0.489 e. The lowest BCUT2D eigenvalue weighted by molar-refractivity contribution is -0.123. The van der Waals surface area contributed by atoms with Gasteiger partial charge in [-0.05, 0) is 39.0 Å². The number of rotatable bonds is 3. The van der Waals surface area contributed by atoms with Crippen molar-refractivity contribution in [2.75, 3.05) is 44.9 Å². The molecule has 3 rings (SSSR count). The molecule has 0 unspecified atom stereocenters. The maximum Gasteiger partial charge on any atom is 0.254 e. The SMILES string of the molecule is CN1c2cc(C(=O)N3CCOCC3)ccc2OC[C@H]1CC(=O)NC(C)(C)C. The van der Waals surface area contributed by atoms with Crippen LogP contribution in [0, 0.1) is 0 Å². The fraction of sp³-hybridized carbons (Fsp3) is 0.600. The lowest BCUT2D eigenvalue weighted by Crippen LogP contribution is -2.47. The van der Waals surface area contributed by atoms with Gasteiger partial charge >= 0.3 is 0 Å². The molecule has 1 aromatic carbocycles. The molecular formula is C20H29N3O4. The third-order valence-electron chi connectivity index (χ3n) is 4.80. The minimum atomic E-state index is -0.263. The van der Waals surface area contributed by atoms with E-state index in [1.807, 2.05) is 49.8 Å². The highest BCUT2D eigenvalue weighted by molar-refractivity contribution is 5.96. The lowest BCUT2D eigenvalue weighted by atomic mass is 10.0. The summed E-state index contributed by atoms with van der Waals surface area (Å²) in [4.78, 5) is 28.9. The van der Waals surface area contributed by atoms with Crippen LogP contribution in [0.3, 0.4) is 0 Å². The van der Waals surface area contributed by atoms with Crippen molar-refractivity contribution in [3.05, 3.63) is 23.8 Å². The van der Waals surface area contributed by atoms with Crippen LogP contribution in [-0.2, 0) is 9.53 Å². The predicted molar refractivity (Wildman–Crippen MR) is 103 cm³/mol. The molecule has 1 atom stereocenters. The van der Waals surface area contributed by atoms with Crippen molar-refractivity contribution in [3.63, 3.8) is 0 Å². The Morgan fingerprint density at radius 1 is 1.22 bits per heavy atom. The second-order valence-corrected chi connectivity index (χ2v) is 8.17. The van der Waals surface area contributed by atoms with Crippen molar-refractivity contribution in [1.29, 1.82) is 0 Å². The Kier molecular flexibility index (Phi) is 5.60. The fourth-order valence-electron chi connectivity index (χ4n) is 3.37. The summed E-state index contributed by atoms with van der Waals surface area (Å²) in [6.45, 7) is 8.70. The van der Waals surface area contributed by atoms with E-state index in [4.69, 9.17) is 9.47 Å². The van der Waals surface area contributed by atoms with Crippen LogP contribution in [0.5, 0.6) is 5.75 Å². The van der Waals surface area contributed by atoms with Crippen LogP contribution in [0.4, 0.5) is 5.69 Å². The Hall–Kier alpha value is -2.28. The molecule has 2 aliphatic rings. The van der Waals surface area contributed by atoms with Crippen LogP contribution in [0.15, 0.2) is 18.2 Å². The summed E-state index contributed by atoms with van der Waals surface area (Å²) in [6.07, 6.45) is 0.342. The third kappa shape index (κ3) is 4.71. The van der Waals surface area contributed by atoms with Crippen molar-refractivity contribution < 1.29 is 19.1 Å². The molecule has 0 spiro atoms. The highest BCUT2D eigenvalue weighted by atomic mass is 16.5. The summed E-state index contributed by atoms with van der Waals surface area (Å²) in [6, 6.07) is 5.43. The molecule has 2 heterocycles. The molecule has 0 bridgehead atoms. The van der Waals surface area contributed by atoms with E-state index in [-0.39, 0.29) is 23.4 Å². The second-order valence-electron chi connectivity index (χ2n) is 8.17. The first-order valence-electron chi connectivity index (χ1n) is 9.42. The molecule has 0 aliphatic carbocycles. The Morgan fingerprint density at radius 2 is 1.93 bits per heavy atom. The van der Waals surface area contributed by atoms with Gasteiger partial charge in [0, 0.05) is 31.2 Å². The number of anilines is 1. The van der Waals surface area contributed by atoms with E-state index in [9.17, 15) is 9.59 Å². The number of fused-ring (bicyclic) bond motifs is 1. The number of nitrogens with zero attached hydrogens (tertiary/aromatic N) is 2. The fourth-order valence-corrected chi connectivity index (χ4v) is 3.37. The summed E-state index contributed by atoms with van der Waals surface area (Å²) >= 11 is 0. The number of benzene rings is 1. The number of nitrogens with one attached hydrogen (secondary N) is 1. The van der Waals surface area contributed by atoms with Gasteiger partial charge in [-0.15, -0.1) is 0 Å². The summed E-state index contributed by atoms with van der Waals surface area (Å²) in [5.74, 6) is 0.734. The number of morpholine rings is 1. The first kappa shape index (κ1) is 19.5. The Balaban J connectivity index is 1.73. The number of carbonyl (C=O) groups excluding carboxylic acids is 2. The van der Waals surface area contributed by atoms with Gasteiger partial charge in [-0.3, -0.25) is 9.59 Å². The van der Waals surface area contributed by atoms with Gasteiger partial charge in [-0.2, -0.15) is 0 Å². The molecule has 2 aliphatic heterocycles. The van der Waals surface area contributed by atoms with E-state index >= 15 is 0 Å². The summed E-state index contributed by atoms with van der Waals surface area (Å²) in [7, 11) is 1.94. The van der Waals surface area contributed by atoms with Gasteiger partial charge in [-0.1, -0.05) is 0 Å². The van der Waals surface area contributed by atoms with Crippen molar-refractivity contribution in [1.82, 2.24) is 10.2 Å². The normalized spacial score (nSPS) is 19.9. The van der Waals surface area contributed by atoms with Crippen LogP contribution >= 0.6 is 0 Å². The molecule has 1 saturated heterocycles. The summed E-state index contributed by atoms with van der Waals surface area (Å²) < 4.78 is 11.2. The predicted octanol–water partition coefficient (Wildman–Crippen LogP) is 1.66. The quantitative estimate of drug-likeness (QED) is 0.870. The average Bonchev–Trinajstić information content (AvgIpc) is 2.62. The third-order valence-corrected chi connectivity index (χ3v) is 4.80. The van der Waals surface area contributed by atoms with Gasteiger partial charge in [0.05, 0.1) is 31.4 Å². The van der Waals surface area contributed by atoms with Crippen LogP contribution < -0.4 is 15.0 Å². The molecule has 1 N–H and O–H groups in total. The van der Waals surface area contributed by atoms with Crippen LogP contribution in [-0.4, -0.2) is 68.3 Å². The van der Waals surface area contributed by atoms with Gasteiger partial charge in [-0.25, -0.2) is 0 Å². The van der Waals surface area contributed by atoms with Crippen molar-refractivity contribution >= 4 is 17.5 Å². The van der Waals surface area contributed by atoms with E-state index in [0.29, 0.717) is 44.9 Å². The Morgan fingerprint density at radius 3 is 2.59 bits per heavy atom. The van der Waals surface area contributed by atoms with E-state index in [1.165, 1.54) is 0 Å². The highest BCUT2D eigenvalue weighted by Crippen LogP contribution is 2.35. The highest BCUT2D eigenvalue weighted by Gasteiger charge is 2.29. The first-order chi connectivity index (χ1) is 12.7. The molecule has 1 fully saturated rings. The first-order valence-corrected chi connectivity index (χ1v) is 9.42. The molecule has 7 heteroatoms. The second kappa shape index (κ2) is 7.76. The zero-order chi connectivity index (χ0) is 19.6. The monoisotopic (exact) mass is 375 g/mol. The van der Waals surface area contributed by atoms with E-state index < -0.39 is 0 Å². The number of amides is 2. The van der Waals surface area contributed by atoms with Gasteiger partial charge in [0.25, 0.3) is 5.91 Å². The van der Waals surface area contributed by atoms with Gasteiger partial charge < -0.3 is 24.6 Å². The van der Waals surface area contributed by atoms with Gasteiger partial charge in [0.15, 0.2) is 0 Å². The Bertz CT molecular complexity index is 708. The molecule has 0 aromatic heterocycles. The van der Waals surface area contributed by atoms with Crippen LogP contribution in [0.2, 0.25) is 0 Å². The molecule has 0 radical (unpaired) electrons. The minimum absolute atomic E-state index is 0.00194. The van der Waals surface area contributed by atoms with Crippen molar-refractivity contribution in [2.24, 2.45) is 0 Å². The van der Waals surface area contributed by atoms with Crippen LogP contribution in [0.25, 0.3) is 0 Å². The standard InChI is InChI=1S/C20H29N3O4/c1-20(2,3)21-18(24)12-15-13-27-17-6-5-14(11-16(17)22(15)4)19(25)23-7-9-26-10-8-23/h5-6,11,15H,7-10,12-13H2,1-4H3,(H,21,24)/t15-/m1/s1. The summed E-state index contributed by atoms with van der Waals surface area (Å²) in [5.41, 5.74) is 1.21. The molecular weight excluding hydrogens is 346 g/mol. The molecule has 2 amide bonds. The molecule has 1 aromatic rings. The maximum atomic E-state index is 12.8. The lowest BCUT2D eigenvalue weighted by Gasteiger charge is -2.36. The van der Waals surface area contributed by atoms with Crippen molar-refractivity contribution in [3.8, 4) is 5.75 Å². The van der Waals surface area contributed by atoms with E-state index in [1.54, 1.807) is 6.07 Å². The minimum Gasteiger partial charge on any atom is -0.489 e. The number of ether oxygens (including phenoxy) is 2. The molecule has 27 heavy (non-hydrogen) atoms. The number of likely N-dealkylation sites (N-methyl/N-ethyl adjacent to an activating group) is 1. The molecule has 148 valence electrons. The average molecular weight is 375 g/mol. The van der Waals surface area contributed by atoms with E-state index in [0.717, 1.165) is 11.4 Å². The topological polar surface area (TPSA) is 71.1 Å². The van der Waals surface area contributed by atoms with Crippen LogP contribution in [0.1, 0.15) is 37.6 Å². The molecule has 7 nitrogen and oxygen atoms in total. The number of hydrogen-bond acceptors (Lipinski definition) is 5. The van der Waals surface area contributed by atoms with Gasteiger partial charge in [0.1, 0.15) is 12.4 Å². The Labute approximate surface area is 160 Å². The zero-order valence-corrected chi connectivity index (χ0v) is 16.6. The smallest absolute Gasteiger partial charge is 0.254 e. The number of hydrogen-bond donors (Lipinski definition) is 1. The molecule has 0 saturated carbocycles. The van der Waals surface area contributed by atoms with Crippen molar-refractivity contribution in [2.45, 2.75) is 38.8 Å². The van der Waals surface area contributed by atoms with Gasteiger partial charge in [0.2, 0.25) is 5.91 Å².